The lowest BCUT2D eigenvalue weighted by atomic mass is 9.90. The molecule has 20 heavy (non-hydrogen) atoms. The van der Waals surface area contributed by atoms with Crippen LogP contribution in [0.25, 0.3) is 0 Å². The first-order chi connectivity index (χ1) is 8.74. The van der Waals surface area contributed by atoms with Crippen LogP contribution < -0.4 is 5.32 Å². The molecule has 1 aliphatic rings. The molecule has 1 aromatic rings. The van der Waals surface area contributed by atoms with Crippen molar-refractivity contribution in [2.24, 2.45) is 5.92 Å². The summed E-state index contributed by atoms with van der Waals surface area (Å²) in [5.74, 6) is 0.628. The molecule has 1 heterocycles. The van der Waals surface area contributed by atoms with Crippen LogP contribution in [0.15, 0.2) is 24.3 Å². The van der Waals surface area contributed by atoms with Crippen LogP contribution in [0.2, 0.25) is 5.02 Å². The van der Waals surface area contributed by atoms with E-state index in [0.29, 0.717) is 12.0 Å². The van der Waals surface area contributed by atoms with Crippen molar-refractivity contribution in [1.29, 1.82) is 0 Å². The summed E-state index contributed by atoms with van der Waals surface area (Å²) in [6.45, 7) is 8.97. The maximum absolute atomic E-state index is 6.40. The number of hydrogen-bond acceptors (Lipinski definition) is 2. The molecule has 0 aromatic heterocycles. The molecule has 0 spiro atoms. The third-order valence-corrected chi connectivity index (χ3v) is 4.30. The van der Waals surface area contributed by atoms with Crippen LogP contribution >= 0.6 is 36.4 Å². The Morgan fingerprint density at radius 1 is 1.20 bits per heavy atom. The topological polar surface area (TPSA) is 15.3 Å². The van der Waals surface area contributed by atoms with Crippen LogP contribution in [0.1, 0.15) is 31.9 Å². The van der Waals surface area contributed by atoms with Crippen molar-refractivity contribution in [3.63, 3.8) is 0 Å². The molecule has 2 nitrogen and oxygen atoms in total. The average Bonchev–Trinajstić information content (AvgIpc) is 2.42. The number of benzene rings is 1. The molecule has 1 N–H and O–H groups in total. The molecule has 0 radical (unpaired) electrons. The molecule has 2 rings (SSSR count). The van der Waals surface area contributed by atoms with E-state index in [1.807, 2.05) is 12.1 Å². The van der Waals surface area contributed by atoms with Crippen LogP contribution in [-0.2, 0) is 0 Å². The fraction of sp³-hybridized carbons (Fsp3) is 0.600. The Morgan fingerprint density at radius 3 is 2.35 bits per heavy atom. The predicted molar refractivity (Wildman–Crippen MR) is 92.6 cm³/mol. The molecule has 1 aromatic carbocycles. The highest BCUT2D eigenvalue weighted by Gasteiger charge is 2.27. The van der Waals surface area contributed by atoms with Crippen LogP contribution in [-0.4, -0.2) is 31.1 Å². The zero-order valence-electron chi connectivity index (χ0n) is 12.1. The van der Waals surface area contributed by atoms with E-state index in [2.05, 4.69) is 36.2 Å². The number of piperazine rings is 1. The second-order valence-corrected chi connectivity index (χ2v) is 5.55. The van der Waals surface area contributed by atoms with Crippen molar-refractivity contribution in [2.45, 2.75) is 26.3 Å². The van der Waals surface area contributed by atoms with Gasteiger partial charge in [0, 0.05) is 37.2 Å². The zero-order chi connectivity index (χ0) is 13.0. The second kappa shape index (κ2) is 9.86. The van der Waals surface area contributed by atoms with E-state index in [4.69, 9.17) is 11.6 Å². The van der Waals surface area contributed by atoms with Gasteiger partial charge in [-0.15, -0.1) is 24.8 Å². The van der Waals surface area contributed by atoms with Gasteiger partial charge in [0.1, 0.15) is 0 Å². The summed E-state index contributed by atoms with van der Waals surface area (Å²) in [5, 5.41) is 4.32. The van der Waals surface area contributed by atoms with E-state index in [0.717, 1.165) is 31.2 Å². The van der Waals surface area contributed by atoms with Gasteiger partial charge >= 0.3 is 0 Å². The minimum atomic E-state index is 0. The molecule has 0 saturated carbocycles. The number of halogens is 3. The van der Waals surface area contributed by atoms with Crippen LogP contribution in [0.3, 0.4) is 0 Å². The molecule has 0 bridgehead atoms. The fourth-order valence-corrected chi connectivity index (χ4v) is 3.01. The Morgan fingerprint density at radius 2 is 1.80 bits per heavy atom. The molecule has 0 amide bonds. The van der Waals surface area contributed by atoms with E-state index < -0.39 is 0 Å². The fourth-order valence-electron chi connectivity index (χ4n) is 2.76. The van der Waals surface area contributed by atoms with E-state index in [1.165, 1.54) is 12.0 Å². The molecular formula is C15H25Cl3N2. The number of hydrogen-bond donors (Lipinski definition) is 1. The van der Waals surface area contributed by atoms with Gasteiger partial charge in [0.25, 0.3) is 0 Å². The summed E-state index contributed by atoms with van der Waals surface area (Å²) in [5.41, 5.74) is 1.29. The molecule has 5 heteroatoms. The van der Waals surface area contributed by atoms with Crippen LogP contribution in [0, 0.1) is 5.92 Å². The Hall–Kier alpha value is 0.01000. The Balaban J connectivity index is 0.00000180. The third-order valence-electron chi connectivity index (χ3n) is 3.95. The average molecular weight is 340 g/mol. The quantitative estimate of drug-likeness (QED) is 0.885. The lowest BCUT2D eigenvalue weighted by Gasteiger charge is -2.38. The monoisotopic (exact) mass is 338 g/mol. The maximum atomic E-state index is 6.40. The van der Waals surface area contributed by atoms with E-state index in [1.54, 1.807) is 0 Å². The van der Waals surface area contributed by atoms with Crippen LogP contribution in [0.5, 0.6) is 0 Å². The lowest BCUT2D eigenvalue weighted by molar-refractivity contribution is 0.128. The minimum absolute atomic E-state index is 0. The van der Waals surface area contributed by atoms with E-state index in [-0.39, 0.29) is 24.8 Å². The summed E-state index contributed by atoms with van der Waals surface area (Å²) >= 11 is 6.40. The Kier molecular flexibility index (Phi) is 9.86. The van der Waals surface area contributed by atoms with Crippen LogP contribution in [0.4, 0.5) is 0 Å². The number of nitrogens with one attached hydrogen (secondary N) is 1. The predicted octanol–water partition coefficient (Wildman–Crippen LogP) is 4.18. The molecule has 0 aliphatic carbocycles. The van der Waals surface area contributed by atoms with Crippen molar-refractivity contribution in [2.75, 3.05) is 26.2 Å². The van der Waals surface area contributed by atoms with Crippen molar-refractivity contribution in [3.8, 4) is 0 Å². The highest BCUT2D eigenvalue weighted by atomic mass is 35.5. The lowest BCUT2D eigenvalue weighted by Crippen LogP contribution is -2.46. The highest BCUT2D eigenvalue weighted by molar-refractivity contribution is 6.31. The number of nitrogens with zero attached hydrogens (tertiary/aromatic N) is 1. The van der Waals surface area contributed by atoms with E-state index in [9.17, 15) is 0 Å². The van der Waals surface area contributed by atoms with Gasteiger partial charge in [0.05, 0.1) is 0 Å². The van der Waals surface area contributed by atoms with Crippen molar-refractivity contribution in [1.82, 2.24) is 10.2 Å². The molecule has 1 saturated heterocycles. The van der Waals surface area contributed by atoms with Gasteiger partial charge in [-0.2, -0.15) is 0 Å². The highest BCUT2D eigenvalue weighted by Crippen LogP contribution is 2.34. The Bertz CT molecular complexity index is 381. The maximum Gasteiger partial charge on any atom is 0.0453 e. The second-order valence-electron chi connectivity index (χ2n) is 5.14. The van der Waals surface area contributed by atoms with Gasteiger partial charge in [0.15, 0.2) is 0 Å². The van der Waals surface area contributed by atoms with Gasteiger partial charge in [-0.3, -0.25) is 4.90 Å². The van der Waals surface area contributed by atoms with Crippen molar-refractivity contribution >= 4 is 36.4 Å². The van der Waals surface area contributed by atoms with Crippen molar-refractivity contribution in [3.05, 3.63) is 34.9 Å². The largest absolute Gasteiger partial charge is 0.314 e. The first kappa shape index (κ1) is 20.0. The van der Waals surface area contributed by atoms with Gasteiger partial charge in [-0.1, -0.05) is 50.1 Å². The number of rotatable bonds is 4. The van der Waals surface area contributed by atoms with Gasteiger partial charge in [0.2, 0.25) is 0 Å². The smallest absolute Gasteiger partial charge is 0.0453 e. The third kappa shape index (κ3) is 4.78. The van der Waals surface area contributed by atoms with E-state index >= 15 is 0 Å². The normalized spacial score (nSPS) is 18.6. The zero-order valence-corrected chi connectivity index (χ0v) is 14.5. The molecule has 2 atom stereocenters. The molecule has 116 valence electrons. The summed E-state index contributed by atoms with van der Waals surface area (Å²) in [7, 11) is 0. The molecule has 1 unspecified atom stereocenters. The SMILES string of the molecule is CCC(C)[C@H](c1ccccc1Cl)N1CCNCC1.Cl.Cl. The molecule has 1 fully saturated rings. The van der Waals surface area contributed by atoms with Gasteiger partial charge in [-0.25, -0.2) is 0 Å². The summed E-state index contributed by atoms with van der Waals surface area (Å²) in [6.07, 6.45) is 1.18. The van der Waals surface area contributed by atoms with Crippen molar-refractivity contribution < 1.29 is 0 Å². The Labute approximate surface area is 140 Å². The van der Waals surface area contributed by atoms with Gasteiger partial charge < -0.3 is 5.32 Å². The standard InChI is InChI=1S/C15H23ClN2.2ClH/c1-3-12(2)15(18-10-8-17-9-11-18)13-6-4-5-7-14(13)16;;/h4-7,12,15,17H,3,8-11H2,1-2H3;2*1H/t12?,15-;;/m1../s1. The first-order valence-corrected chi connectivity index (χ1v) is 7.31. The first-order valence-electron chi connectivity index (χ1n) is 6.93. The molecule has 1 aliphatic heterocycles. The van der Waals surface area contributed by atoms with Gasteiger partial charge in [-0.05, 0) is 17.5 Å². The molecular weight excluding hydrogens is 315 g/mol. The summed E-state index contributed by atoms with van der Waals surface area (Å²) in [4.78, 5) is 2.58. The summed E-state index contributed by atoms with van der Waals surface area (Å²) < 4.78 is 0. The minimum Gasteiger partial charge on any atom is -0.314 e. The summed E-state index contributed by atoms with van der Waals surface area (Å²) in [6, 6.07) is 8.75.